The number of hydrogen-bond acceptors (Lipinski definition) is 6. The number of pyridine rings is 1. The van der Waals surface area contributed by atoms with Crippen LogP contribution in [-0.4, -0.2) is 37.2 Å². The second kappa shape index (κ2) is 11.4. The van der Waals surface area contributed by atoms with Crippen LogP contribution in [0, 0.1) is 13.8 Å². The van der Waals surface area contributed by atoms with Crippen molar-refractivity contribution in [2.75, 3.05) is 7.11 Å². The number of nitrogens with one attached hydrogen (secondary N) is 1. The molecule has 8 nitrogen and oxygen atoms in total. The SMILES string of the molecule is COc1ccccc1CN(Cc1cc2c(C)ccc(C)c2[nH]c1=O)Cc1nnnn1CCc1ccccc1. The summed E-state index contributed by atoms with van der Waals surface area (Å²) in [6.07, 6.45) is 0.828. The summed E-state index contributed by atoms with van der Waals surface area (Å²) in [5.74, 6) is 1.56. The van der Waals surface area contributed by atoms with Crippen molar-refractivity contribution in [3.8, 4) is 5.75 Å². The van der Waals surface area contributed by atoms with Gasteiger partial charge >= 0.3 is 0 Å². The molecule has 0 aliphatic heterocycles. The zero-order valence-electron chi connectivity index (χ0n) is 22.0. The summed E-state index contributed by atoms with van der Waals surface area (Å²) in [4.78, 5) is 18.5. The van der Waals surface area contributed by atoms with Gasteiger partial charge in [-0.05, 0) is 59.5 Å². The molecule has 0 bridgehead atoms. The Kier molecular flexibility index (Phi) is 7.60. The van der Waals surface area contributed by atoms with Gasteiger partial charge in [-0.15, -0.1) is 5.10 Å². The van der Waals surface area contributed by atoms with Crippen LogP contribution in [0.5, 0.6) is 5.75 Å². The number of ether oxygens (including phenoxy) is 1. The van der Waals surface area contributed by atoms with Crippen molar-refractivity contribution in [3.05, 3.63) is 117 Å². The number of benzene rings is 3. The van der Waals surface area contributed by atoms with Gasteiger partial charge in [-0.2, -0.15) is 0 Å². The maximum atomic E-state index is 13.2. The highest BCUT2D eigenvalue weighted by atomic mass is 16.5. The first-order chi connectivity index (χ1) is 18.5. The largest absolute Gasteiger partial charge is 0.496 e. The first kappa shape index (κ1) is 25.4. The van der Waals surface area contributed by atoms with Gasteiger partial charge in [-0.25, -0.2) is 4.68 Å². The van der Waals surface area contributed by atoms with Gasteiger partial charge in [0.05, 0.1) is 19.2 Å². The number of para-hydroxylation sites is 1. The lowest BCUT2D eigenvalue weighted by Crippen LogP contribution is -2.28. The predicted octanol–water partition coefficient (Wildman–Crippen LogP) is 4.59. The van der Waals surface area contributed by atoms with Crippen molar-refractivity contribution in [2.45, 2.75) is 46.4 Å². The number of methoxy groups -OCH3 is 1. The van der Waals surface area contributed by atoms with Gasteiger partial charge in [0.2, 0.25) is 0 Å². The highest BCUT2D eigenvalue weighted by molar-refractivity contribution is 5.85. The third-order valence-corrected chi connectivity index (χ3v) is 6.93. The smallest absolute Gasteiger partial charge is 0.252 e. The van der Waals surface area contributed by atoms with E-state index in [0.29, 0.717) is 31.7 Å². The molecule has 0 fully saturated rings. The predicted molar refractivity (Wildman–Crippen MR) is 148 cm³/mol. The quantitative estimate of drug-likeness (QED) is 0.297. The third-order valence-electron chi connectivity index (χ3n) is 6.93. The van der Waals surface area contributed by atoms with E-state index in [1.807, 2.05) is 66.2 Å². The van der Waals surface area contributed by atoms with Crippen LogP contribution in [0.2, 0.25) is 0 Å². The Bertz CT molecular complexity index is 1590. The third kappa shape index (κ3) is 5.65. The molecule has 194 valence electrons. The van der Waals surface area contributed by atoms with Crippen LogP contribution in [0.4, 0.5) is 0 Å². The molecular weight excluding hydrogens is 476 g/mol. The van der Waals surface area contributed by atoms with E-state index in [0.717, 1.165) is 45.6 Å². The molecule has 0 spiro atoms. The summed E-state index contributed by atoms with van der Waals surface area (Å²) < 4.78 is 7.46. The Morgan fingerprint density at radius 3 is 2.45 bits per heavy atom. The number of aryl methyl sites for hydroxylation is 4. The number of fused-ring (bicyclic) bond motifs is 1. The Hall–Kier alpha value is -4.30. The monoisotopic (exact) mass is 508 g/mol. The van der Waals surface area contributed by atoms with Crippen LogP contribution in [0.3, 0.4) is 0 Å². The molecule has 0 unspecified atom stereocenters. The van der Waals surface area contributed by atoms with E-state index in [9.17, 15) is 4.79 Å². The lowest BCUT2D eigenvalue weighted by molar-refractivity contribution is 0.231. The van der Waals surface area contributed by atoms with Crippen LogP contribution >= 0.6 is 0 Å². The molecule has 0 aliphatic carbocycles. The first-order valence-electron chi connectivity index (χ1n) is 12.8. The fraction of sp³-hybridized carbons (Fsp3) is 0.267. The maximum Gasteiger partial charge on any atom is 0.252 e. The van der Waals surface area contributed by atoms with E-state index in [4.69, 9.17) is 4.74 Å². The second-order valence-corrected chi connectivity index (χ2v) is 9.62. The van der Waals surface area contributed by atoms with Gasteiger partial charge in [0.1, 0.15) is 5.75 Å². The zero-order valence-corrected chi connectivity index (χ0v) is 22.0. The standard InChI is InChI=1S/C30H32N6O2/c1-21-13-14-22(2)29-26(21)17-25(30(37)31-29)19-35(18-24-11-7-8-12-27(24)38-3)20-28-32-33-34-36(28)16-15-23-9-5-4-6-10-23/h4-14,17H,15-16,18-20H2,1-3H3,(H,31,37). The van der Waals surface area contributed by atoms with Gasteiger partial charge in [-0.1, -0.05) is 60.7 Å². The molecule has 0 amide bonds. The van der Waals surface area contributed by atoms with Crippen molar-refractivity contribution >= 4 is 10.9 Å². The summed E-state index contributed by atoms with van der Waals surface area (Å²) in [7, 11) is 1.67. The minimum atomic E-state index is -0.0834. The molecule has 2 aromatic heterocycles. The summed E-state index contributed by atoms with van der Waals surface area (Å²) in [6.45, 7) is 6.23. The van der Waals surface area contributed by atoms with Crippen LogP contribution < -0.4 is 10.3 Å². The molecule has 38 heavy (non-hydrogen) atoms. The molecular formula is C30H32N6O2. The van der Waals surface area contributed by atoms with Crippen molar-refractivity contribution in [3.63, 3.8) is 0 Å². The Morgan fingerprint density at radius 1 is 0.895 bits per heavy atom. The molecule has 2 heterocycles. The van der Waals surface area contributed by atoms with Crippen LogP contribution in [0.15, 0.2) is 77.6 Å². The van der Waals surface area contributed by atoms with E-state index in [1.54, 1.807) is 7.11 Å². The van der Waals surface area contributed by atoms with E-state index in [-0.39, 0.29) is 5.56 Å². The summed E-state index contributed by atoms with van der Waals surface area (Å²) >= 11 is 0. The lowest BCUT2D eigenvalue weighted by Gasteiger charge is -2.23. The molecule has 1 N–H and O–H groups in total. The van der Waals surface area contributed by atoms with Gasteiger partial charge in [0.15, 0.2) is 5.82 Å². The van der Waals surface area contributed by atoms with Crippen LogP contribution in [-0.2, 0) is 32.6 Å². The normalized spacial score (nSPS) is 11.4. The molecule has 5 rings (SSSR count). The van der Waals surface area contributed by atoms with Crippen molar-refractivity contribution in [2.24, 2.45) is 0 Å². The minimum absolute atomic E-state index is 0.0834. The second-order valence-electron chi connectivity index (χ2n) is 9.62. The number of aromatic nitrogens is 5. The van der Waals surface area contributed by atoms with Crippen molar-refractivity contribution in [1.82, 2.24) is 30.1 Å². The zero-order chi connectivity index (χ0) is 26.5. The average molecular weight is 509 g/mol. The van der Waals surface area contributed by atoms with Gasteiger partial charge in [-0.3, -0.25) is 9.69 Å². The molecule has 3 aromatic carbocycles. The van der Waals surface area contributed by atoms with Gasteiger partial charge in [0.25, 0.3) is 5.56 Å². The number of nitrogens with zero attached hydrogens (tertiary/aromatic N) is 5. The fourth-order valence-electron chi connectivity index (χ4n) is 4.81. The molecule has 0 saturated heterocycles. The fourth-order valence-corrected chi connectivity index (χ4v) is 4.81. The molecule has 0 radical (unpaired) electrons. The summed E-state index contributed by atoms with van der Waals surface area (Å²) in [5, 5.41) is 13.6. The van der Waals surface area contributed by atoms with Crippen LogP contribution in [0.25, 0.3) is 10.9 Å². The lowest BCUT2D eigenvalue weighted by atomic mass is 10.0. The maximum absolute atomic E-state index is 13.2. The van der Waals surface area contributed by atoms with Crippen LogP contribution in [0.1, 0.15) is 33.6 Å². The van der Waals surface area contributed by atoms with E-state index in [1.165, 1.54) is 5.56 Å². The number of tetrazole rings is 1. The molecule has 0 atom stereocenters. The van der Waals surface area contributed by atoms with E-state index >= 15 is 0 Å². The first-order valence-corrected chi connectivity index (χ1v) is 12.8. The average Bonchev–Trinajstić information content (AvgIpc) is 3.38. The summed E-state index contributed by atoms with van der Waals surface area (Å²) in [5.41, 5.74) is 5.95. The number of H-pyrrole nitrogens is 1. The van der Waals surface area contributed by atoms with Gasteiger partial charge < -0.3 is 9.72 Å². The minimum Gasteiger partial charge on any atom is -0.496 e. The Labute approximate surface area is 221 Å². The van der Waals surface area contributed by atoms with Gasteiger partial charge in [0, 0.05) is 36.1 Å². The van der Waals surface area contributed by atoms with E-state index < -0.39 is 0 Å². The highest BCUT2D eigenvalue weighted by Crippen LogP contribution is 2.23. The topological polar surface area (TPSA) is 88.9 Å². The van der Waals surface area contributed by atoms with Crippen molar-refractivity contribution in [1.29, 1.82) is 0 Å². The Balaban J connectivity index is 1.45. The molecule has 8 heteroatoms. The Morgan fingerprint density at radius 2 is 1.63 bits per heavy atom. The highest BCUT2D eigenvalue weighted by Gasteiger charge is 2.18. The summed E-state index contributed by atoms with van der Waals surface area (Å²) in [6, 6.07) is 24.4. The molecule has 5 aromatic rings. The number of rotatable bonds is 10. The van der Waals surface area contributed by atoms with E-state index in [2.05, 4.69) is 50.5 Å². The molecule has 0 saturated carbocycles. The molecule has 0 aliphatic rings. The number of hydrogen-bond donors (Lipinski definition) is 1. The van der Waals surface area contributed by atoms with Crippen molar-refractivity contribution < 1.29 is 4.74 Å². The number of aromatic amines is 1.